The summed E-state index contributed by atoms with van der Waals surface area (Å²) in [5, 5.41) is 5.35. The lowest BCUT2D eigenvalue weighted by atomic mass is 9.96. The molecule has 0 spiro atoms. The molecule has 0 amide bonds. The van der Waals surface area contributed by atoms with Crippen molar-refractivity contribution < 1.29 is 8.42 Å². The van der Waals surface area contributed by atoms with Gasteiger partial charge in [0.1, 0.15) is 0 Å². The molecule has 1 heterocycles. The van der Waals surface area contributed by atoms with E-state index in [1.807, 2.05) is 37.4 Å². The Morgan fingerprint density at radius 3 is 2.76 bits per heavy atom. The standard InChI is InChI=1S/C16H16N2O2S/c1-11-4-2-6-15(21(17,19)20)16(11)13-7-8-14-12(10-13)5-3-9-18-14/h2,4,6-10H,3,5H2,1H3,(H2,17,19,20). The highest BCUT2D eigenvalue weighted by atomic mass is 32.2. The van der Waals surface area contributed by atoms with Crippen molar-refractivity contribution in [1.82, 2.24) is 0 Å². The van der Waals surface area contributed by atoms with Crippen LogP contribution < -0.4 is 5.14 Å². The predicted octanol–water partition coefficient (Wildman–Crippen LogP) is 2.96. The number of sulfonamides is 1. The molecule has 2 aromatic carbocycles. The van der Waals surface area contributed by atoms with Gasteiger partial charge in [0.25, 0.3) is 0 Å². The van der Waals surface area contributed by atoms with E-state index in [2.05, 4.69) is 4.99 Å². The lowest BCUT2D eigenvalue weighted by Gasteiger charge is -2.15. The highest BCUT2D eigenvalue weighted by Gasteiger charge is 2.18. The number of primary sulfonamides is 1. The number of nitrogens with zero attached hydrogens (tertiary/aromatic N) is 1. The molecule has 0 fully saturated rings. The second kappa shape index (κ2) is 5.09. The topological polar surface area (TPSA) is 72.5 Å². The zero-order chi connectivity index (χ0) is 15.0. The molecule has 0 saturated carbocycles. The van der Waals surface area contributed by atoms with Crippen molar-refractivity contribution in [2.75, 3.05) is 0 Å². The van der Waals surface area contributed by atoms with Crippen LogP contribution in [-0.2, 0) is 16.4 Å². The summed E-state index contributed by atoms with van der Waals surface area (Å²) in [6.45, 7) is 1.89. The largest absolute Gasteiger partial charge is 0.261 e. The Bertz CT molecular complexity index is 839. The number of aliphatic imine (C=N–C) groups is 1. The molecule has 1 aliphatic rings. The minimum absolute atomic E-state index is 0.168. The molecule has 3 rings (SSSR count). The van der Waals surface area contributed by atoms with Gasteiger partial charge in [-0.25, -0.2) is 13.6 Å². The third-order valence-electron chi connectivity index (χ3n) is 3.68. The smallest absolute Gasteiger partial charge is 0.238 e. The Labute approximate surface area is 124 Å². The lowest BCUT2D eigenvalue weighted by Crippen LogP contribution is -2.14. The highest BCUT2D eigenvalue weighted by molar-refractivity contribution is 7.89. The second-order valence-electron chi connectivity index (χ2n) is 5.19. The van der Waals surface area contributed by atoms with Crippen LogP contribution >= 0.6 is 0 Å². The monoisotopic (exact) mass is 300 g/mol. The van der Waals surface area contributed by atoms with Crippen molar-refractivity contribution in [2.24, 2.45) is 10.1 Å². The van der Waals surface area contributed by atoms with Crippen LogP contribution in [0.5, 0.6) is 0 Å². The Morgan fingerprint density at radius 2 is 2.00 bits per heavy atom. The molecular weight excluding hydrogens is 284 g/mol. The maximum Gasteiger partial charge on any atom is 0.238 e. The van der Waals surface area contributed by atoms with Crippen molar-refractivity contribution in [3.8, 4) is 11.1 Å². The average Bonchev–Trinajstić information content (AvgIpc) is 2.45. The van der Waals surface area contributed by atoms with Crippen molar-refractivity contribution in [3.05, 3.63) is 47.5 Å². The van der Waals surface area contributed by atoms with E-state index in [1.165, 1.54) is 0 Å². The predicted molar refractivity (Wildman–Crippen MR) is 84.5 cm³/mol. The first-order valence-electron chi connectivity index (χ1n) is 6.75. The van der Waals surface area contributed by atoms with Gasteiger partial charge in [0.05, 0.1) is 10.6 Å². The van der Waals surface area contributed by atoms with Gasteiger partial charge in [-0.2, -0.15) is 0 Å². The molecule has 108 valence electrons. The summed E-state index contributed by atoms with van der Waals surface area (Å²) >= 11 is 0. The molecular formula is C16H16N2O2S. The minimum Gasteiger partial charge on any atom is -0.261 e. The Kier molecular flexibility index (Phi) is 3.39. The van der Waals surface area contributed by atoms with Crippen LogP contribution in [0, 0.1) is 6.92 Å². The molecule has 4 nitrogen and oxygen atoms in total. The molecule has 0 atom stereocenters. The van der Waals surface area contributed by atoms with E-state index in [1.54, 1.807) is 12.1 Å². The highest BCUT2D eigenvalue weighted by Crippen LogP contribution is 2.34. The first-order chi connectivity index (χ1) is 9.97. The van der Waals surface area contributed by atoms with E-state index in [0.717, 1.165) is 35.2 Å². The van der Waals surface area contributed by atoms with Crippen LogP contribution in [0.15, 0.2) is 46.3 Å². The summed E-state index contributed by atoms with van der Waals surface area (Å²) in [5.41, 5.74) is 4.53. The van der Waals surface area contributed by atoms with Crippen molar-refractivity contribution in [1.29, 1.82) is 0 Å². The summed E-state index contributed by atoms with van der Waals surface area (Å²) < 4.78 is 23.6. The van der Waals surface area contributed by atoms with Crippen LogP contribution in [0.2, 0.25) is 0 Å². The molecule has 0 saturated heterocycles. The van der Waals surface area contributed by atoms with Crippen LogP contribution in [0.3, 0.4) is 0 Å². The zero-order valence-electron chi connectivity index (χ0n) is 11.7. The molecule has 2 N–H and O–H groups in total. The van der Waals surface area contributed by atoms with E-state index >= 15 is 0 Å². The number of hydrogen-bond acceptors (Lipinski definition) is 3. The van der Waals surface area contributed by atoms with Gasteiger partial charge in [-0.1, -0.05) is 18.2 Å². The minimum atomic E-state index is -3.76. The third kappa shape index (κ3) is 2.62. The fourth-order valence-corrected chi connectivity index (χ4v) is 3.53. The lowest BCUT2D eigenvalue weighted by molar-refractivity contribution is 0.598. The number of rotatable bonds is 2. The van der Waals surface area contributed by atoms with E-state index < -0.39 is 10.0 Å². The van der Waals surface area contributed by atoms with E-state index in [-0.39, 0.29) is 4.90 Å². The number of fused-ring (bicyclic) bond motifs is 1. The van der Waals surface area contributed by atoms with Gasteiger partial charge in [-0.05, 0) is 54.7 Å². The van der Waals surface area contributed by atoms with Gasteiger partial charge in [0.2, 0.25) is 10.0 Å². The van der Waals surface area contributed by atoms with Crippen molar-refractivity contribution in [3.63, 3.8) is 0 Å². The number of benzene rings is 2. The normalized spacial score (nSPS) is 14.0. The van der Waals surface area contributed by atoms with Crippen LogP contribution in [0.25, 0.3) is 11.1 Å². The van der Waals surface area contributed by atoms with Gasteiger partial charge in [-0.3, -0.25) is 4.99 Å². The van der Waals surface area contributed by atoms with E-state index in [4.69, 9.17) is 5.14 Å². The summed E-state index contributed by atoms with van der Waals surface area (Å²) in [7, 11) is -3.76. The van der Waals surface area contributed by atoms with E-state index in [0.29, 0.717) is 5.56 Å². The molecule has 1 aliphatic heterocycles. The first kappa shape index (κ1) is 14.0. The molecule has 0 radical (unpaired) electrons. The Balaban J connectivity index is 2.24. The summed E-state index contributed by atoms with van der Waals surface area (Å²) in [6.07, 6.45) is 3.74. The first-order valence-corrected chi connectivity index (χ1v) is 8.30. The quantitative estimate of drug-likeness (QED) is 0.926. The van der Waals surface area contributed by atoms with Gasteiger partial charge < -0.3 is 0 Å². The molecule has 0 unspecified atom stereocenters. The Morgan fingerprint density at radius 1 is 1.19 bits per heavy atom. The average molecular weight is 300 g/mol. The fraction of sp³-hybridized carbons (Fsp3) is 0.188. The van der Waals surface area contributed by atoms with Gasteiger partial charge in [0.15, 0.2) is 0 Å². The maximum absolute atomic E-state index is 11.8. The van der Waals surface area contributed by atoms with Crippen LogP contribution in [0.1, 0.15) is 17.5 Å². The van der Waals surface area contributed by atoms with Crippen LogP contribution in [-0.4, -0.2) is 14.6 Å². The van der Waals surface area contributed by atoms with E-state index in [9.17, 15) is 8.42 Å². The van der Waals surface area contributed by atoms with Gasteiger partial charge in [-0.15, -0.1) is 0 Å². The molecule has 21 heavy (non-hydrogen) atoms. The summed E-state index contributed by atoms with van der Waals surface area (Å²) in [6, 6.07) is 11.0. The molecule has 2 aromatic rings. The zero-order valence-corrected chi connectivity index (χ0v) is 12.5. The van der Waals surface area contributed by atoms with Gasteiger partial charge in [0, 0.05) is 11.8 Å². The molecule has 0 bridgehead atoms. The summed E-state index contributed by atoms with van der Waals surface area (Å²) in [5.74, 6) is 0. The van der Waals surface area contributed by atoms with Crippen molar-refractivity contribution >= 4 is 21.9 Å². The fourth-order valence-electron chi connectivity index (χ4n) is 2.70. The number of hydrogen-bond donors (Lipinski definition) is 1. The summed E-state index contributed by atoms with van der Waals surface area (Å²) in [4.78, 5) is 4.52. The van der Waals surface area contributed by atoms with Crippen LogP contribution in [0.4, 0.5) is 5.69 Å². The molecule has 5 heteroatoms. The molecule has 0 aliphatic carbocycles. The third-order valence-corrected chi connectivity index (χ3v) is 4.64. The Hall–Kier alpha value is -1.98. The maximum atomic E-state index is 11.8. The second-order valence-corrected chi connectivity index (χ2v) is 6.72. The van der Waals surface area contributed by atoms with Crippen molar-refractivity contribution in [2.45, 2.75) is 24.7 Å². The number of aryl methyl sites for hydroxylation is 2. The number of nitrogens with two attached hydrogens (primary N) is 1. The van der Waals surface area contributed by atoms with Gasteiger partial charge >= 0.3 is 0 Å². The SMILES string of the molecule is Cc1cccc(S(N)(=O)=O)c1-c1ccc2c(c1)CCC=N2. The molecule has 0 aromatic heterocycles.